The van der Waals surface area contributed by atoms with Crippen molar-refractivity contribution in [1.29, 1.82) is 0 Å². The summed E-state index contributed by atoms with van der Waals surface area (Å²) in [5.74, 6) is 4.13. The van der Waals surface area contributed by atoms with Crippen LogP contribution >= 0.6 is 6.72 Å². The van der Waals surface area contributed by atoms with E-state index < -0.39 is 6.72 Å². The fourth-order valence-electron chi connectivity index (χ4n) is 0. The fraction of sp³-hybridized carbons (Fsp3) is 0. The summed E-state index contributed by atoms with van der Waals surface area (Å²) < 4.78 is 3.25. The van der Waals surface area contributed by atoms with Crippen LogP contribution in [0, 0.1) is 0 Å². The Balaban J connectivity index is 3.48. The minimum absolute atomic E-state index is 3.25. The van der Waals surface area contributed by atoms with Gasteiger partial charge in [0.15, 0.2) is 0 Å². The lowest BCUT2D eigenvalue weighted by molar-refractivity contribution is -0.321. The number of rotatable bonds is 1. The van der Waals surface area contributed by atoms with Crippen LogP contribution in [-0.2, 0) is 16.4 Å². The molecule has 0 amide bonds. The predicted octanol–water partition coefficient (Wildman–Crippen LogP) is -2.18. The van der Waals surface area contributed by atoms with Gasteiger partial charge in [0.1, 0.15) is 0 Å². The molecular formula is H2NO3PS-2. The zero-order chi connectivity index (χ0) is 5.21. The third kappa shape index (κ3) is 4.49. The Bertz CT molecular complexity index is 74.9. The van der Waals surface area contributed by atoms with Crippen molar-refractivity contribution in [2.75, 3.05) is 0 Å². The van der Waals surface area contributed by atoms with Crippen molar-refractivity contribution in [3.05, 3.63) is 0 Å². The van der Waals surface area contributed by atoms with Gasteiger partial charge in [0, 0.05) is 0 Å². The summed E-state index contributed by atoms with van der Waals surface area (Å²) in [6.45, 7) is -4.04. The van der Waals surface area contributed by atoms with Gasteiger partial charge in [0.2, 0.25) is 0 Å². The number of nitrogens with two attached hydrogens (primary N) is 1. The summed E-state index contributed by atoms with van der Waals surface area (Å²) in [5, 5.41) is 0. The molecular weight excluding hydrogens is 125 g/mol. The van der Waals surface area contributed by atoms with Crippen molar-refractivity contribution in [2.24, 2.45) is 5.90 Å². The normalized spacial score (nSPS) is 11.8. The van der Waals surface area contributed by atoms with Gasteiger partial charge in [0.05, 0.1) is 0 Å². The van der Waals surface area contributed by atoms with Crippen LogP contribution in [0.25, 0.3) is 0 Å². The Kier molecular flexibility index (Phi) is 2.13. The summed E-state index contributed by atoms with van der Waals surface area (Å²) in [5.41, 5.74) is 0. The lowest BCUT2D eigenvalue weighted by Crippen LogP contribution is -2.18. The zero-order valence-electron chi connectivity index (χ0n) is 2.66. The van der Waals surface area contributed by atoms with Crippen molar-refractivity contribution in [1.82, 2.24) is 0 Å². The van der Waals surface area contributed by atoms with Gasteiger partial charge >= 0.3 is 0 Å². The summed E-state index contributed by atoms with van der Waals surface area (Å²) in [6.07, 6.45) is 0. The Labute approximate surface area is 39.8 Å². The largest absolute Gasteiger partial charge is 0.811 e. The highest BCUT2D eigenvalue weighted by Gasteiger charge is 1.70. The highest BCUT2D eigenvalue weighted by molar-refractivity contribution is 8.05. The van der Waals surface area contributed by atoms with Crippen LogP contribution in [0.15, 0.2) is 0 Å². The first-order valence-corrected chi connectivity index (χ1v) is 3.52. The second-order valence-electron chi connectivity index (χ2n) is 0.553. The molecule has 0 saturated carbocycles. The summed E-state index contributed by atoms with van der Waals surface area (Å²) in [4.78, 5) is 19.0. The summed E-state index contributed by atoms with van der Waals surface area (Å²) in [7, 11) is 0. The van der Waals surface area contributed by atoms with E-state index >= 15 is 0 Å². The molecule has 0 aliphatic carbocycles. The first-order chi connectivity index (χ1) is 2.56. The molecule has 0 saturated heterocycles. The Morgan fingerprint density at radius 2 is 1.83 bits per heavy atom. The van der Waals surface area contributed by atoms with Crippen LogP contribution in [0.3, 0.4) is 0 Å². The van der Waals surface area contributed by atoms with Crippen LogP contribution in [-0.4, -0.2) is 0 Å². The minimum Gasteiger partial charge on any atom is -0.811 e. The van der Waals surface area contributed by atoms with Crippen molar-refractivity contribution in [2.45, 2.75) is 0 Å². The van der Waals surface area contributed by atoms with Crippen molar-refractivity contribution < 1.29 is 14.4 Å². The van der Waals surface area contributed by atoms with Gasteiger partial charge in [-0.1, -0.05) is 18.5 Å². The zero-order valence-corrected chi connectivity index (χ0v) is 4.37. The molecule has 0 aromatic carbocycles. The molecule has 0 unspecified atom stereocenters. The van der Waals surface area contributed by atoms with E-state index in [4.69, 9.17) is 0 Å². The van der Waals surface area contributed by atoms with Crippen molar-refractivity contribution in [3.63, 3.8) is 0 Å². The quantitative estimate of drug-likeness (QED) is 0.320. The molecule has 4 nitrogen and oxygen atoms in total. The summed E-state index contributed by atoms with van der Waals surface area (Å²) >= 11 is 3.64. The molecule has 38 valence electrons. The van der Waals surface area contributed by atoms with Crippen LogP contribution in [0.4, 0.5) is 0 Å². The lowest BCUT2D eigenvalue weighted by atomic mass is 13.6. The standard InChI is InChI=1S/H4NO3PS/c1-4-5(2,3)6/h1H2,(H2,2,3,6)/p-2. The van der Waals surface area contributed by atoms with E-state index in [1.807, 2.05) is 0 Å². The maximum atomic E-state index is 9.50. The molecule has 0 bridgehead atoms. The highest BCUT2D eigenvalue weighted by Crippen LogP contribution is 2.19. The molecule has 0 radical (unpaired) electrons. The van der Waals surface area contributed by atoms with Crippen LogP contribution < -0.4 is 15.7 Å². The second kappa shape index (κ2) is 1.97. The predicted molar refractivity (Wildman–Crippen MR) is 19.6 cm³/mol. The topological polar surface area (TPSA) is 81.4 Å². The van der Waals surface area contributed by atoms with Gasteiger partial charge in [-0.25, -0.2) is 5.90 Å². The molecule has 0 aromatic rings. The van der Waals surface area contributed by atoms with E-state index in [2.05, 4.69) is 22.3 Å². The van der Waals surface area contributed by atoms with Crippen LogP contribution in [0.1, 0.15) is 0 Å². The first kappa shape index (κ1) is 6.49. The van der Waals surface area contributed by atoms with Gasteiger partial charge in [-0.3, -0.25) is 0 Å². The van der Waals surface area contributed by atoms with E-state index in [0.29, 0.717) is 0 Å². The van der Waals surface area contributed by atoms with Gasteiger partial charge < -0.3 is 14.4 Å². The highest BCUT2D eigenvalue weighted by atomic mass is 32.5. The minimum atomic E-state index is -4.04. The summed E-state index contributed by atoms with van der Waals surface area (Å²) in [6, 6.07) is 0. The molecule has 0 aliphatic heterocycles. The first-order valence-electron chi connectivity index (χ1n) is 0.966. The van der Waals surface area contributed by atoms with E-state index in [0.717, 1.165) is 0 Å². The van der Waals surface area contributed by atoms with E-state index in [-0.39, 0.29) is 0 Å². The van der Waals surface area contributed by atoms with Gasteiger partial charge in [-0.15, -0.1) is 0 Å². The van der Waals surface area contributed by atoms with Crippen LogP contribution in [0.5, 0.6) is 0 Å². The van der Waals surface area contributed by atoms with E-state index in [1.165, 1.54) is 0 Å². The Morgan fingerprint density at radius 3 is 1.83 bits per heavy atom. The Hall–Kier alpha value is 0.490. The van der Waals surface area contributed by atoms with Crippen LogP contribution in [0.2, 0.25) is 0 Å². The Morgan fingerprint density at radius 1 is 1.67 bits per heavy atom. The molecule has 6 heavy (non-hydrogen) atoms. The smallest absolute Gasteiger partial charge is 0.0630 e. The second-order valence-corrected chi connectivity index (χ2v) is 3.00. The lowest BCUT2D eigenvalue weighted by Gasteiger charge is -2.30. The van der Waals surface area contributed by atoms with E-state index in [1.54, 1.807) is 0 Å². The fourth-order valence-corrected chi connectivity index (χ4v) is 0. The molecule has 2 N–H and O–H groups in total. The maximum Gasteiger partial charge on any atom is -0.0630 e. The maximum absolute atomic E-state index is 9.50. The average molecular weight is 127 g/mol. The molecule has 0 heterocycles. The third-order valence-electron chi connectivity index (χ3n) is 0.129. The SMILES string of the molecule is NOP([O-])([O-])=S. The van der Waals surface area contributed by atoms with Gasteiger partial charge in [-0.05, 0) is 0 Å². The molecule has 6 heteroatoms. The number of hydrogen-bond acceptors (Lipinski definition) is 5. The van der Waals surface area contributed by atoms with Gasteiger partial charge in [-0.2, -0.15) is 0 Å². The van der Waals surface area contributed by atoms with Gasteiger partial charge in [0.25, 0.3) is 0 Å². The molecule has 0 aliphatic rings. The molecule has 0 aromatic heterocycles. The van der Waals surface area contributed by atoms with Crippen molar-refractivity contribution >= 4 is 18.5 Å². The third-order valence-corrected chi connectivity index (χ3v) is 0.645. The molecule has 0 atom stereocenters. The van der Waals surface area contributed by atoms with Crippen molar-refractivity contribution in [3.8, 4) is 0 Å². The molecule has 0 spiro atoms. The monoisotopic (exact) mass is 127 g/mol. The molecule has 0 rings (SSSR count). The molecule has 0 fully saturated rings. The number of hydrogen-bond donors (Lipinski definition) is 1. The van der Waals surface area contributed by atoms with E-state index in [9.17, 15) is 9.79 Å². The average Bonchev–Trinajstić information content (AvgIpc) is 1.35.